The first kappa shape index (κ1) is 14.7. The van der Waals surface area contributed by atoms with Crippen molar-refractivity contribution in [1.82, 2.24) is 4.90 Å². The minimum atomic E-state index is -0.492. The Morgan fingerprint density at radius 3 is 2.86 bits per heavy atom. The van der Waals surface area contributed by atoms with Crippen molar-refractivity contribution in [3.8, 4) is 6.07 Å². The molecule has 2 aromatic rings. The number of nitrogens with zero attached hydrogens (tertiary/aromatic N) is 2. The van der Waals surface area contributed by atoms with Crippen LogP contribution >= 0.6 is 0 Å². The van der Waals surface area contributed by atoms with Crippen molar-refractivity contribution in [2.45, 2.75) is 19.0 Å². The standard InChI is InChI=1S/C18H17FN2O/c19-17-6-5-13(9-15(17)10-20)11-21-8-7-14-3-1-2-4-16(14)18(21)12-22/h1-6,9,18,22H,7-8,11-12H2. The van der Waals surface area contributed by atoms with E-state index in [0.717, 1.165) is 24.1 Å². The summed E-state index contributed by atoms with van der Waals surface area (Å²) in [6, 6.07) is 14.6. The van der Waals surface area contributed by atoms with Crippen LogP contribution < -0.4 is 0 Å². The molecule has 1 atom stereocenters. The zero-order valence-corrected chi connectivity index (χ0v) is 12.2. The van der Waals surface area contributed by atoms with Gasteiger partial charge >= 0.3 is 0 Å². The molecule has 0 saturated carbocycles. The zero-order chi connectivity index (χ0) is 15.5. The maximum absolute atomic E-state index is 13.4. The first-order chi connectivity index (χ1) is 10.7. The Balaban J connectivity index is 1.86. The van der Waals surface area contributed by atoms with Gasteiger partial charge in [0.25, 0.3) is 0 Å². The second kappa shape index (κ2) is 6.27. The molecule has 112 valence electrons. The summed E-state index contributed by atoms with van der Waals surface area (Å²) >= 11 is 0. The molecule has 3 nitrogen and oxygen atoms in total. The summed E-state index contributed by atoms with van der Waals surface area (Å²) in [6.45, 7) is 1.47. The molecule has 0 aromatic heterocycles. The highest BCUT2D eigenvalue weighted by Gasteiger charge is 2.26. The summed E-state index contributed by atoms with van der Waals surface area (Å²) < 4.78 is 13.4. The van der Waals surface area contributed by atoms with Crippen LogP contribution in [0.2, 0.25) is 0 Å². The normalized spacial score (nSPS) is 17.8. The SMILES string of the molecule is N#Cc1cc(CN2CCc3ccccc3C2CO)ccc1F. The zero-order valence-electron chi connectivity index (χ0n) is 12.2. The Morgan fingerprint density at radius 2 is 2.09 bits per heavy atom. The van der Waals surface area contributed by atoms with Gasteiger partial charge in [-0.05, 0) is 35.2 Å². The summed E-state index contributed by atoms with van der Waals surface area (Å²) in [5.41, 5.74) is 3.37. The molecule has 1 heterocycles. The lowest BCUT2D eigenvalue weighted by Gasteiger charge is -2.36. The molecule has 2 aromatic carbocycles. The molecule has 0 saturated heterocycles. The van der Waals surface area contributed by atoms with Gasteiger partial charge in [-0.25, -0.2) is 4.39 Å². The molecule has 1 aliphatic heterocycles. The summed E-state index contributed by atoms with van der Waals surface area (Å²) in [5, 5.41) is 18.7. The molecule has 0 aliphatic carbocycles. The fraction of sp³-hybridized carbons (Fsp3) is 0.278. The topological polar surface area (TPSA) is 47.3 Å². The van der Waals surface area contributed by atoms with Gasteiger partial charge in [0.1, 0.15) is 11.9 Å². The Kier molecular flexibility index (Phi) is 4.19. The fourth-order valence-electron chi connectivity index (χ4n) is 3.10. The maximum atomic E-state index is 13.4. The van der Waals surface area contributed by atoms with E-state index in [1.54, 1.807) is 12.1 Å². The number of aliphatic hydroxyl groups excluding tert-OH is 1. The second-order valence-corrected chi connectivity index (χ2v) is 5.54. The molecule has 0 bridgehead atoms. The van der Waals surface area contributed by atoms with Gasteiger partial charge < -0.3 is 5.11 Å². The molecule has 1 unspecified atom stereocenters. The third-order valence-electron chi connectivity index (χ3n) is 4.23. The lowest BCUT2D eigenvalue weighted by Crippen LogP contribution is -2.36. The molecule has 3 rings (SSSR count). The van der Waals surface area contributed by atoms with E-state index >= 15 is 0 Å². The lowest BCUT2D eigenvalue weighted by molar-refractivity contribution is 0.108. The van der Waals surface area contributed by atoms with E-state index in [-0.39, 0.29) is 18.2 Å². The van der Waals surface area contributed by atoms with Gasteiger partial charge in [0.2, 0.25) is 0 Å². The number of nitriles is 1. The van der Waals surface area contributed by atoms with Gasteiger partial charge in [-0.2, -0.15) is 5.26 Å². The minimum absolute atomic E-state index is 0.0450. The van der Waals surface area contributed by atoms with Crippen molar-refractivity contribution in [3.05, 3.63) is 70.5 Å². The summed E-state index contributed by atoms with van der Waals surface area (Å²) in [4.78, 5) is 2.18. The molecular formula is C18H17FN2O. The number of halogens is 1. The van der Waals surface area contributed by atoms with E-state index in [1.165, 1.54) is 11.6 Å². The fourth-order valence-corrected chi connectivity index (χ4v) is 3.10. The number of hydrogen-bond donors (Lipinski definition) is 1. The van der Waals surface area contributed by atoms with Crippen molar-refractivity contribution in [2.24, 2.45) is 0 Å². The molecule has 4 heteroatoms. The molecule has 0 spiro atoms. The van der Waals surface area contributed by atoms with Gasteiger partial charge in [0.05, 0.1) is 18.2 Å². The van der Waals surface area contributed by atoms with Crippen molar-refractivity contribution in [1.29, 1.82) is 5.26 Å². The van der Waals surface area contributed by atoms with E-state index in [4.69, 9.17) is 5.26 Å². The monoisotopic (exact) mass is 296 g/mol. The van der Waals surface area contributed by atoms with Gasteiger partial charge in [-0.15, -0.1) is 0 Å². The molecule has 0 fully saturated rings. The average Bonchev–Trinajstić information content (AvgIpc) is 2.56. The largest absolute Gasteiger partial charge is 0.394 e. The highest BCUT2D eigenvalue weighted by atomic mass is 19.1. The number of hydrogen-bond acceptors (Lipinski definition) is 3. The Labute approximate surface area is 129 Å². The van der Waals surface area contributed by atoms with E-state index < -0.39 is 5.82 Å². The quantitative estimate of drug-likeness (QED) is 0.947. The summed E-state index contributed by atoms with van der Waals surface area (Å²) in [5.74, 6) is -0.492. The Morgan fingerprint density at radius 1 is 1.27 bits per heavy atom. The summed E-state index contributed by atoms with van der Waals surface area (Å²) in [7, 11) is 0. The molecule has 22 heavy (non-hydrogen) atoms. The van der Waals surface area contributed by atoms with Crippen LogP contribution in [-0.2, 0) is 13.0 Å². The van der Waals surface area contributed by atoms with Crippen molar-refractivity contribution >= 4 is 0 Å². The van der Waals surface area contributed by atoms with Gasteiger partial charge in [-0.1, -0.05) is 30.3 Å². The third kappa shape index (κ3) is 2.74. The molecular weight excluding hydrogens is 279 g/mol. The first-order valence-corrected chi connectivity index (χ1v) is 7.34. The second-order valence-electron chi connectivity index (χ2n) is 5.54. The van der Waals surface area contributed by atoms with Crippen LogP contribution in [-0.4, -0.2) is 23.2 Å². The van der Waals surface area contributed by atoms with Gasteiger partial charge in [0.15, 0.2) is 0 Å². The van der Waals surface area contributed by atoms with E-state index in [0.29, 0.717) is 6.54 Å². The highest BCUT2D eigenvalue weighted by molar-refractivity contribution is 5.36. The van der Waals surface area contributed by atoms with Crippen LogP contribution in [0.5, 0.6) is 0 Å². The van der Waals surface area contributed by atoms with Crippen molar-refractivity contribution in [2.75, 3.05) is 13.2 Å². The lowest BCUT2D eigenvalue weighted by atomic mass is 9.92. The highest BCUT2D eigenvalue weighted by Crippen LogP contribution is 2.30. The van der Waals surface area contributed by atoms with Crippen LogP contribution in [0.15, 0.2) is 42.5 Å². The summed E-state index contributed by atoms with van der Waals surface area (Å²) in [6.07, 6.45) is 0.930. The van der Waals surface area contributed by atoms with E-state index in [1.807, 2.05) is 24.3 Å². The van der Waals surface area contributed by atoms with Crippen LogP contribution in [0.3, 0.4) is 0 Å². The maximum Gasteiger partial charge on any atom is 0.140 e. The molecule has 0 amide bonds. The van der Waals surface area contributed by atoms with Crippen LogP contribution in [0.25, 0.3) is 0 Å². The molecule has 1 N–H and O–H groups in total. The van der Waals surface area contributed by atoms with E-state index in [9.17, 15) is 9.50 Å². The predicted octanol–water partition coefficient (Wildman–Crippen LogP) is 2.79. The predicted molar refractivity (Wildman–Crippen MR) is 81.5 cm³/mol. The number of benzene rings is 2. The Hall–Kier alpha value is -2.22. The van der Waals surface area contributed by atoms with Crippen molar-refractivity contribution in [3.63, 3.8) is 0 Å². The van der Waals surface area contributed by atoms with Gasteiger partial charge in [0, 0.05) is 13.1 Å². The van der Waals surface area contributed by atoms with Crippen LogP contribution in [0.4, 0.5) is 4.39 Å². The molecule has 0 radical (unpaired) electrons. The number of rotatable bonds is 3. The van der Waals surface area contributed by atoms with Crippen LogP contribution in [0, 0.1) is 17.1 Å². The number of aliphatic hydroxyl groups is 1. The number of fused-ring (bicyclic) bond motifs is 1. The van der Waals surface area contributed by atoms with Gasteiger partial charge in [-0.3, -0.25) is 4.90 Å². The third-order valence-corrected chi connectivity index (χ3v) is 4.23. The first-order valence-electron chi connectivity index (χ1n) is 7.34. The molecule has 1 aliphatic rings. The minimum Gasteiger partial charge on any atom is -0.394 e. The van der Waals surface area contributed by atoms with Crippen molar-refractivity contribution < 1.29 is 9.50 Å². The Bertz CT molecular complexity index is 723. The van der Waals surface area contributed by atoms with E-state index in [2.05, 4.69) is 11.0 Å². The smallest absolute Gasteiger partial charge is 0.140 e. The average molecular weight is 296 g/mol. The van der Waals surface area contributed by atoms with Crippen LogP contribution in [0.1, 0.15) is 28.3 Å².